The van der Waals surface area contributed by atoms with Crippen molar-refractivity contribution in [1.29, 1.82) is 0 Å². The lowest BCUT2D eigenvalue weighted by Gasteiger charge is -2.64. The SMILES string of the molecule is COC(=O)CCC(C)[C@H]1CCC2C3C(CC(O)[C@@]21C)[C@@]1(C)CCC(N)CC1C[C@H]3C. The van der Waals surface area contributed by atoms with Crippen molar-refractivity contribution < 1.29 is 14.6 Å². The standard InChI is InChI=1S/C26H45NO3/c1-15(6-9-23(29)30-5)19-7-8-20-24-16(2)12-17-13-18(27)10-11-25(17,3)21(24)14-22(28)26(19,20)4/h15-22,24,28H,6-14,27H2,1-5H3/t15?,16-,17?,18?,19-,20?,21?,22?,24?,25+,26-/m1/s1. The van der Waals surface area contributed by atoms with Crippen LogP contribution in [-0.2, 0) is 9.53 Å². The number of nitrogens with two attached hydrogens (primary N) is 1. The van der Waals surface area contributed by atoms with Gasteiger partial charge in [0.2, 0.25) is 0 Å². The zero-order valence-electron chi connectivity index (χ0n) is 19.9. The summed E-state index contributed by atoms with van der Waals surface area (Å²) in [6, 6.07) is 0.372. The van der Waals surface area contributed by atoms with Crippen LogP contribution in [0.3, 0.4) is 0 Å². The van der Waals surface area contributed by atoms with Gasteiger partial charge in [-0.1, -0.05) is 27.7 Å². The van der Waals surface area contributed by atoms with Gasteiger partial charge in [0.15, 0.2) is 0 Å². The van der Waals surface area contributed by atoms with Gasteiger partial charge in [-0.3, -0.25) is 4.79 Å². The first-order chi connectivity index (χ1) is 14.1. The minimum Gasteiger partial charge on any atom is -0.469 e. The molecule has 0 saturated heterocycles. The van der Waals surface area contributed by atoms with E-state index in [9.17, 15) is 9.90 Å². The average Bonchev–Trinajstić information content (AvgIpc) is 3.06. The Morgan fingerprint density at radius 3 is 2.60 bits per heavy atom. The summed E-state index contributed by atoms with van der Waals surface area (Å²) in [6.07, 6.45) is 9.42. The van der Waals surface area contributed by atoms with Crippen LogP contribution in [-0.4, -0.2) is 30.3 Å². The van der Waals surface area contributed by atoms with Crippen molar-refractivity contribution in [2.45, 2.75) is 97.6 Å². The van der Waals surface area contributed by atoms with E-state index in [-0.39, 0.29) is 17.5 Å². The Labute approximate surface area is 183 Å². The van der Waals surface area contributed by atoms with Gasteiger partial charge in [-0.2, -0.15) is 0 Å². The van der Waals surface area contributed by atoms with Crippen LogP contribution in [0.15, 0.2) is 0 Å². The number of ether oxygens (including phenoxy) is 1. The third-order valence-electron chi connectivity index (χ3n) is 11.0. The molecule has 4 aliphatic carbocycles. The van der Waals surface area contributed by atoms with Crippen LogP contribution in [0.25, 0.3) is 0 Å². The van der Waals surface area contributed by atoms with Crippen molar-refractivity contribution in [1.82, 2.24) is 0 Å². The van der Waals surface area contributed by atoms with Gasteiger partial charge in [-0.05, 0) is 104 Å². The minimum atomic E-state index is -0.227. The highest BCUT2D eigenvalue weighted by Gasteiger charge is 2.65. The molecule has 0 amide bonds. The minimum absolute atomic E-state index is 0.0147. The smallest absolute Gasteiger partial charge is 0.305 e. The lowest BCUT2D eigenvalue weighted by atomic mass is 9.41. The van der Waals surface area contributed by atoms with Crippen LogP contribution in [0, 0.1) is 52.3 Å². The molecule has 0 aliphatic heterocycles. The van der Waals surface area contributed by atoms with Crippen molar-refractivity contribution in [2.75, 3.05) is 7.11 Å². The third-order valence-corrected chi connectivity index (χ3v) is 11.0. The van der Waals surface area contributed by atoms with Crippen LogP contribution in [0.1, 0.15) is 85.5 Å². The van der Waals surface area contributed by atoms with E-state index in [0.29, 0.717) is 41.5 Å². The maximum Gasteiger partial charge on any atom is 0.305 e. The highest BCUT2D eigenvalue weighted by Crippen LogP contribution is 2.69. The molecular weight excluding hydrogens is 374 g/mol. The zero-order valence-corrected chi connectivity index (χ0v) is 19.9. The molecule has 0 bridgehead atoms. The quantitative estimate of drug-likeness (QED) is 0.643. The summed E-state index contributed by atoms with van der Waals surface area (Å²) in [5, 5.41) is 11.6. The fourth-order valence-corrected chi connectivity index (χ4v) is 9.25. The van der Waals surface area contributed by atoms with Crippen molar-refractivity contribution in [3.05, 3.63) is 0 Å². The number of esters is 1. The van der Waals surface area contributed by atoms with Gasteiger partial charge in [-0.25, -0.2) is 0 Å². The van der Waals surface area contributed by atoms with E-state index in [1.54, 1.807) is 0 Å². The number of aliphatic hydroxyl groups is 1. The van der Waals surface area contributed by atoms with Gasteiger partial charge in [0.25, 0.3) is 0 Å². The van der Waals surface area contributed by atoms with Gasteiger partial charge in [0.05, 0.1) is 13.2 Å². The van der Waals surface area contributed by atoms with E-state index in [2.05, 4.69) is 27.7 Å². The molecule has 0 radical (unpaired) electrons. The summed E-state index contributed by atoms with van der Waals surface area (Å²) in [7, 11) is 1.47. The Bertz CT molecular complexity index is 652. The van der Waals surface area contributed by atoms with Gasteiger partial charge in [-0.15, -0.1) is 0 Å². The maximum absolute atomic E-state index is 11.7. The van der Waals surface area contributed by atoms with Crippen LogP contribution < -0.4 is 5.73 Å². The lowest BCUT2D eigenvalue weighted by molar-refractivity contribution is -0.184. The Balaban J connectivity index is 1.58. The molecule has 4 heteroatoms. The molecular formula is C26H45NO3. The largest absolute Gasteiger partial charge is 0.469 e. The number of fused-ring (bicyclic) bond motifs is 5. The monoisotopic (exact) mass is 419 g/mol. The Hall–Kier alpha value is -0.610. The zero-order chi connectivity index (χ0) is 21.8. The Morgan fingerprint density at radius 2 is 1.90 bits per heavy atom. The molecule has 30 heavy (non-hydrogen) atoms. The molecule has 0 heterocycles. The van der Waals surface area contributed by atoms with Gasteiger partial charge in [0.1, 0.15) is 0 Å². The average molecular weight is 420 g/mol. The second-order valence-electron chi connectivity index (χ2n) is 12.1. The first-order valence-electron chi connectivity index (χ1n) is 12.6. The van der Waals surface area contributed by atoms with E-state index in [1.165, 1.54) is 39.2 Å². The van der Waals surface area contributed by atoms with Crippen LogP contribution >= 0.6 is 0 Å². The molecule has 4 aliphatic rings. The normalized spacial score (nSPS) is 51.4. The van der Waals surface area contributed by atoms with E-state index in [4.69, 9.17) is 10.5 Å². The lowest BCUT2D eigenvalue weighted by Crippen LogP contribution is -2.61. The number of hydrogen-bond acceptors (Lipinski definition) is 4. The number of hydrogen-bond donors (Lipinski definition) is 2. The third kappa shape index (κ3) is 3.36. The Kier molecular flexibility index (Phi) is 6.07. The Morgan fingerprint density at radius 1 is 1.17 bits per heavy atom. The predicted octanol–water partition coefficient (Wildman–Crippen LogP) is 4.78. The fraction of sp³-hybridized carbons (Fsp3) is 0.962. The van der Waals surface area contributed by atoms with Crippen molar-refractivity contribution in [3.63, 3.8) is 0 Å². The van der Waals surface area contributed by atoms with Crippen LogP contribution in [0.4, 0.5) is 0 Å². The van der Waals surface area contributed by atoms with E-state index in [1.807, 2.05) is 0 Å². The molecule has 4 fully saturated rings. The molecule has 4 rings (SSSR count). The molecule has 0 aromatic heterocycles. The number of carbonyl (C=O) groups is 1. The predicted molar refractivity (Wildman–Crippen MR) is 120 cm³/mol. The maximum atomic E-state index is 11.7. The molecule has 0 aromatic rings. The first kappa shape index (κ1) is 22.6. The molecule has 172 valence electrons. The topological polar surface area (TPSA) is 72.5 Å². The van der Waals surface area contributed by atoms with Crippen molar-refractivity contribution in [3.8, 4) is 0 Å². The van der Waals surface area contributed by atoms with E-state index < -0.39 is 0 Å². The summed E-state index contributed by atoms with van der Waals surface area (Å²) in [6.45, 7) is 9.71. The number of methoxy groups -OCH3 is 1. The number of carbonyl (C=O) groups excluding carboxylic acids is 1. The summed E-state index contributed by atoms with van der Waals surface area (Å²) in [5.74, 6) is 4.26. The van der Waals surface area contributed by atoms with Gasteiger partial charge in [0, 0.05) is 12.5 Å². The number of aliphatic hydroxyl groups excluding tert-OH is 1. The summed E-state index contributed by atoms with van der Waals surface area (Å²) in [4.78, 5) is 11.7. The molecule has 4 saturated carbocycles. The highest BCUT2D eigenvalue weighted by atomic mass is 16.5. The van der Waals surface area contributed by atoms with Crippen molar-refractivity contribution >= 4 is 5.97 Å². The van der Waals surface area contributed by atoms with Gasteiger partial charge < -0.3 is 15.6 Å². The summed E-state index contributed by atoms with van der Waals surface area (Å²) < 4.78 is 4.87. The van der Waals surface area contributed by atoms with Crippen LogP contribution in [0.5, 0.6) is 0 Å². The fourth-order valence-electron chi connectivity index (χ4n) is 9.25. The summed E-state index contributed by atoms with van der Waals surface area (Å²) in [5.41, 5.74) is 6.71. The molecule has 7 unspecified atom stereocenters. The highest BCUT2D eigenvalue weighted by molar-refractivity contribution is 5.69. The van der Waals surface area contributed by atoms with Gasteiger partial charge >= 0.3 is 5.97 Å². The second kappa shape index (κ2) is 8.06. The molecule has 3 N–H and O–H groups in total. The van der Waals surface area contributed by atoms with E-state index >= 15 is 0 Å². The molecule has 0 aromatic carbocycles. The summed E-state index contributed by atoms with van der Waals surface area (Å²) >= 11 is 0. The van der Waals surface area contributed by atoms with Crippen molar-refractivity contribution in [2.24, 2.45) is 58.0 Å². The first-order valence-corrected chi connectivity index (χ1v) is 12.6. The van der Waals surface area contributed by atoms with Crippen LogP contribution in [0.2, 0.25) is 0 Å². The molecule has 11 atom stereocenters. The number of rotatable bonds is 4. The second-order valence-corrected chi connectivity index (χ2v) is 12.1. The van der Waals surface area contributed by atoms with E-state index in [0.717, 1.165) is 37.0 Å². The molecule has 4 nitrogen and oxygen atoms in total. The molecule has 0 spiro atoms.